The second-order valence-electron chi connectivity index (χ2n) is 7.44. The highest BCUT2D eigenvalue weighted by Crippen LogP contribution is 2.35. The van der Waals surface area contributed by atoms with Crippen molar-refractivity contribution in [2.45, 2.75) is 13.8 Å². The Labute approximate surface area is 197 Å². The second kappa shape index (κ2) is 9.38. The van der Waals surface area contributed by atoms with Crippen LogP contribution in [0.3, 0.4) is 0 Å². The van der Waals surface area contributed by atoms with Crippen LogP contribution in [0.4, 0.5) is 11.4 Å². The van der Waals surface area contributed by atoms with Crippen molar-refractivity contribution in [2.24, 2.45) is 0 Å². The number of halogens is 1. The van der Waals surface area contributed by atoms with Gasteiger partial charge in [0.2, 0.25) is 0 Å². The quantitative estimate of drug-likeness (QED) is 0.473. The number of anilines is 2. The van der Waals surface area contributed by atoms with Crippen LogP contribution >= 0.6 is 11.6 Å². The summed E-state index contributed by atoms with van der Waals surface area (Å²) in [6, 6.07) is 19.3. The van der Waals surface area contributed by atoms with Gasteiger partial charge in [0, 0.05) is 16.8 Å². The highest BCUT2D eigenvalue weighted by atomic mass is 35.5. The Morgan fingerprint density at radius 1 is 0.939 bits per heavy atom. The molecule has 6 nitrogen and oxygen atoms in total. The van der Waals surface area contributed by atoms with E-state index in [-0.39, 0.29) is 11.3 Å². The number of aryl methyl sites for hydroxylation is 1. The fraction of sp³-hybridized carbons (Fsp3) is 0.154. The van der Waals surface area contributed by atoms with Crippen molar-refractivity contribution in [3.63, 3.8) is 0 Å². The maximum absolute atomic E-state index is 13.6. The lowest BCUT2D eigenvalue weighted by Gasteiger charge is -2.16. The molecule has 1 aliphatic rings. The van der Waals surface area contributed by atoms with Gasteiger partial charge in [0.05, 0.1) is 25.0 Å². The topological polar surface area (TPSA) is 67.9 Å². The number of nitrogens with zero attached hydrogens (tertiary/aromatic N) is 1. The number of benzene rings is 3. The van der Waals surface area contributed by atoms with E-state index in [4.69, 9.17) is 21.1 Å². The smallest absolute Gasteiger partial charge is 0.282 e. The fourth-order valence-corrected chi connectivity index (χ4v) is 3.78. The third-order valence-corrected chi connectivity index (χ3v) is 5.70. The van der Waals surface area contributed by atoms with Gasteiger partial charge in [-0.1, -0.05) is 35.9 Å². The monoisotopic (exact) mass is 462 g/mol. The van der Waals surface area contributed by atoms with Crippen LogP contribution in [0.25, 0.3) is 5.57 Å². The molecule has 0 unspecified atom stereocenters. The summed E-state index contributed by atoms with van der Waals surface area (Å²) in [4.78, 5) is 28.2. The lowest BCUT2D eigenvalue weighted by molar-refractivity contribution is -0.120. The van der Waals surface area contributed by atoms with E-state index < -0.39 is 11.8 Å². The maximum Gasteiger partial charge on any atom is 0.282 e. The van der Waals surface area contributed by atoms with Gasteiger partial charge in [0.25, 0.3) is 11.8 Å². The van der Waals surface area contributed by atoms with Crippen molar-refractivity contribution in [3.8, 4) is 11.5 Å². The molecule has 0 spiro atoms. The normalized spacial score (nSPS) is 13.5. The van der Waals surface area contributed by atoms with E-state index in [9.17, 15) is 9.59 Å². The van der Waals surface area contributed by atoms with Gasteiger partial charge in [-0.3, -0.25) is 9.59 Å². The Hall–Kier alpha value is -3.77. The van der Waals surface area contributed by atoms with Crippen LogP contribution in [-0.4, -0.2) is 25.5 Å². The molecule has 33 heavy (non-hydrogen) atoms. The first-order valence-electron chi connectivity index (χ1n) is 10.5. The fourth-order valence-electron chi connectivity index (χ4n) is 3.60. The molecular formula is C26H23ClN2O4. The number of ether oxygens (including phenoxy) is 2. The van der Waals surface area contributed by atoms with E-state index in [0.29, 0.717) is 40.1 Å². The van der Waals surface area contributed by atoms with Crippen molar-refractivity contribution in [1.29, 1.82) is 0 Å². The Morgan fingerprint density at radius 3 is 2.36 bits per heavy atom. The molecule has 1 heterocycles. The average Bonchev–Trinajstić information content (AvgIpc) is 3.06. The molecule has 3 aromatic carbocycles. The number of nitrogens with one attached hydrogen (secondary N) is 1. The summed E-state index contributed by atoms with van der Waals surface area (Å²) in [5.41, 5.74) is 2.98. The SMILES string of the molecule is CCOc1ccc(C2=C(Nc3ccc(C)c(Cl)c3)C(=O)N(c3cccc(OC)c3)C2=O)cc1. The molecular weight excluding hydrogens is 440 g/mol. The molecule has 2 amide bonds. The average molecular weight is 463 g/mol. The van der Waals surface area contributed by atoms with Gasteiger partial charge in [0.15, 0.2) is 0 Å². The molecule has 168 valence electrons. The van der Waals surface area contributed by atoms with Crippen LogP contribution in [0.5, 0.6) is 11.5 Å². The third-order valence-electron chi connectivity index (χ3n) is 5.29. The van der Waals surface area contributed by atoms with E-state index in [1.165, 1.54) is 7.11 Å². The molecule has 0 atom stereocenters. The van der Waals surface area contributed by atoms with Gasteiger partial charge < -0.3 is 14.8 Å². The zero-order valence-corrected chi connectivity index (χ0v) is 19.3. The number of carbonyl (C=O) groups is 2. The van der Waals surface area contributed by atoms with E-state index in [0.717, 1.165) is 10.5 Å². The summed E-state index contributed by atoms with van der Waals surface area (Å²) < 4.78 is 10.8. The van der Waals surface area contributed by atoms with Crippen molar-refractivity contribution in [1.82, 2.24) is 0 Å². The molecule has 0 fully saturated rings. The zero-order valence-electron chi connectivity index (χ0n) is 18.5. The summed E-state index contributed by atoms with van der Waals surface area (Å²) in [5, 5.41) is 3.69. The van der Waals surface area contributed by atoms with Gasteiger partial charge in [0.1, 0.15) is 17.2 Å². The number of hydrogen-bond acceptors (Lipinski definition) is 5. The molecule has 1 N–H and O–H groups in total. The lowest BCUT2D eigenvalue weighted by Crippen LogP contribution is -2.32. The van der Waals surface area contributed by atoms with Crippen molar-refractivity contribution in [3.05, 3.63) is 88.6 Å². The van der Waals surface area contributed by atoms with E-state index in [2.05, 4.69) is 5.32 Å². The second-order valence-corrected chi connectivity index (χ2v) is 7.85. The first-order valence-corrected chi connectivity index (χ1v) is 10.8. The first kappa shape index (κ1) is 22.4. The standard InChI is InChI=1S/C26H23ClN2O4/c1-4-33-20-12-9-17(10-13-20)23-24(28-18-11-8-16(2)22(27)14-18)26(31)29(25(23)30)19-6-5-7-21(15-19)32-3/h5-15,28H,4H2,1-3H3. The molecule has 3 aromatic rings. The summed E-state index contributed by atoms with van der Waals surface area (Å²) in [5.74, 6) is 0.331. The van der Waals surface area contributed by atoms with Crippen LogP contribution in [0.15, 0.2) is 72.4 Å². The highest BCUT2D eigenvalue weighted by Gasteiger charge is 2.40. The summed E-state index contributed by atoms with van der Waals surface area (Å²) in [6.07, 6.45) is 0. The van der Waals surface area contributed by atoms with Gasteiger partial charge >= 0.3 is 0 Å². The zero-order chi connectivity index (χ0) is 23.5. The van der Waals surface area contributed by atoms with Crippen LogP contribution in [0, 0.1) is 6.92 Å². The number of imide groups is 1. The largest absolute Gasteiger partial charge is 0.497 e. The van der Waals surface area contributed by atoms with Gasteiger partial charge in [-0.15, -0.1) is 0 Å². The lowest BCUT2D eigenvalue weighted by atomic mass is 10.0. The van der Waals surface area contributed by atoms with Crippen LogP contribution in [0.1, 0.15) is 18.1 Å². The molecule has 0 saturated heterocycles. The number of carbonyl (C=O) groups excluding carboxylic acids is 2. The molecule has 0 radical (unpaired) electrons. The summed E-state index contributed by atoms with van der Waals surface area (Å²) in [7, 11) is 1.53. The van der Waals surface area contributed by atoms with Crippen LogP contribution in [-0.2, 0) is 9.59 Å². The predicted octanol–water partition coefficient (Wildman–Crippen LogP) is 5.45. The Kier molecular flexibility index (Phi) is 6.38. The molecule has 0 saturated carbocycles. The van der Waals surface area contributed by atoms with Crippen molar-refractivity contribution >= 4 is 40.4 Å². The number of amides is 2. The predicted molar refractivity (Wildman–Crippen MR) is 130 cm³/mol. The van der Waals surface area contributed by atoms with Gasteiger partial charge in [-0.25, -0.2) is 4.90 Å². The molecule has 0 bridgehead atoms. The minimum absolute atomic E-state index is 0.173. The summed E-state index contributed by atoms with van der Waals surface area (Å²) in [6.45, 7) is 4.33. The van der Waals surface area contributed by atoms with E-state index in [1.54, 1.807) is 54.6 Å². The van der Waals surface area contributed by atoms with Crippen LogP contribution in [0.2, 0.25) is 5.02 Å². The Bertz CT molecular complexity index is 1250. The minimum atomic E-state index is -0.464. The summed E-state index contributed by atoms with van der Waals surface area (Å²) >= 11 is 6.28. The van der Waals surface area contributed by atoms with E-state index in [1.807, 2.05) is 26.0 Å². The third kappa shape index (κ3) is 4.43. The molecule has 7 heteroatoms. The van der Waals surface area contributed by atoms with Crippen molar-refractivity contribution in [2.75, 3.05) is 23.9 Å². The molecule has 1 aliphatic heterocycles. The Balaban J connectivity index is 1.80. The van der Waals surface area contributed by atoms with Crippen molar-refractivity contribution < 1.29 is 19.1 Å². The molecule has 4 rings (SSSR count). The maximum atomic E-state index is 13.6. The van der Waals surface area contributed by atoms with E-state index >= 15 is 0 Å². The number of methoxy groups -OCH3 is 1. The molecule has 0 aromatic heterocycles. The van der Waals surface area contributed by atoms with Gasteiger partial charge in [-0.05, 0) is 61.4 Å². The number of rotatable bonds is 7. The van der Waals surface area contributed by atoms with Gasteiger partial charge in [-0.2, -0.15) is 0 Å². The van der Waals surface area contributed by atoms with Crippen LogP contribution < -0.4 is 19.7 Å². The highest BCUT2D eigenvalue weighted by molar-refractivity contribution is 6.46. The minimum Gasteiger partial charge on any atom is -0.497 e. The number of hydrogen-bond donors (Lipinski definition) is 1. The Morgan fingerprint density at radius 2 is 1.70 bits per heavy atom. The first-order chi connectivity index (χ1) is 15.9. The molecule has 0 aliphatic carbocycles.